The second kappa shape index (κ2) is 3.60. The summed E-state index contributed by atoms with van der Waals surface area (Å²) in [5.41, 5.74) is 0.738. The van der Waals surface area contributed by atoms with Crippen LogP contribution in [0, 0.1) is 5.92 Å². The molecule has 2 aliphatic rings. The molecule has 1 fully saturated rings. The van der Waals surface area contributed by atoms with Gasteiger partial charge in [-0.1, -0.05) is 12.1 Å². The van der Waals surface area contributed by atoms with E-state index in [0.717, 1.165) is 4.90 Å². The average molecular weight is 251 g/mol. The van der Waals surface area contributed by atoms with Crippen LogP contribution in [0.3, 0.4) is 0 Å². The van der Waals surface area contributed by atoms with E-state index in [1.165, 1.54) is 0 Å². The smallest absolute Gasteiger partial charge is 0.261 e. The maximum Gasteiger partial charge on any atom is 0.261 e. The molecule has 2 amide bonds. The quantitative estimate of drug-likeness (QED) is 0.756. The van der Waals surface area contributed by atoms with Crippen molar-refractivity contribution < 1.29 is 18.4 Å². The van der Waals surface area contributed by atoms with Crippen molar-refractivity contribution in [3.63, 3.8) is 0 Å². The van der Waals surface area contributed by atoms with Gasteiger partial charge in [0.05, 0.1) is 11.1 Å². The molecule has 0 radical (unpaired) electrons. The van der Waals surface area contributed by atoms with Gasteiger partial charge in [0.15, 0.2) is 0 Å². The van der Waals surface area contributed by atoms with Gasteiger partial charge < -0.3 is 0 Å². The summed E-state index contributed by atoms with van der Waals surface area (Å²) < 4.78 is 25.5. The summed E-state index contributed by atoms with van der Waals surface area (Å²) >= 11 is 0. The Hall–Kier alpha value is -1.78. The number of alkyl halides is 2. The summed E-state index contributed by atoms with van der Waals surface area (Å²) in [5.74, 6) is -3.64. The minimum absolute atomic E-state index is 0.0991. The molecule has 0 spiro atoms. The lowest BCUT2D eigenvalue weighted by Gasteiger charge is -2.36. The zero-order valence-corrected chi connectivity index (χ0v) is 9.53. The number of amides is 2. The topological polar surface area (TPSA) is 37.4 Å². The monoisotopic (exact) mass is 251 g/mol. The van der Waals surface area contributed by atoms with Gasteiger partial charge >= 0.3 is 0 Å². The molecule has 1 aromatic carbocycles. The van der Waals surface area contributed by atoms with Crippen LogP contribution in [0.25, 0.3) is 0 Å². The minimum atomic E-state index is -2.62. The molecule has 0 N–H and O–H groups in total. The highest BCUT2D eigenvalue weighted by molar-refractivity contribution is 6.21. The van der Waals surface area contributed by atoms with Crippen molar-refractivity contribution in [1.82, 2.24) is 4.90 Å². The van der Waals surface area contributed by atoms with E-state index >= 15 is 0 Å². The molecule has 0 saturated heterocycles. The maximum absolute atomic E-state index is 12.7. The van der Waals surface area contributed by atoms with Crippen molar-refractivity contribution in [3.05, 3.63) is 35.4 Å². The van der Waals surface area contributed by atoms with E-state index in [9.17, 15) is 18.4 Å². The highest BCUT2D eigenvalue weighted by Gasteiger charge is 2.48. The van der Waals surface area contributed by atoms with Crippen molar-refractivity contribution in [2.75, 3.05) is 6.54 Å². The number of hydrogen-bond acceptors (Lipinski definition) is 2. The van der Waals surface area contributed by atoms with Gasteiger partial charge in [0.1, 0.15) is 0 Å². The third-order valence-corrected chi connectivity index (χ3v) is 3.49. The summed E-state index contributed by atoms with van der Waals surface area (Å²) in [5, 5.41) is 0. The number of rotatable bonds is 2. The van der Waals surface area contributed by atoms with Crippen molar-refractivity contribution in [1.29, 1.82) is 0 Å². The van der Waals surface area contributed by atoms with Crippen molar-refractivity contribution >= 4 is 11.8 Å². The maximum atomic E-state index is 12.7. The summed E-state index contributed by atoms with van der Waals surface area (Å²) in [6.07, 6.45) is -0.471. The fourth-order valence-corrected chi connectivity index (χ4v) is 2.58. The molecule has 94 valence electrons. The molecule has 1 aliphatic heterocycles. The van der Waals surface area contributed by atoms with E-state index in [0.29, 0.717) is 11.1 Å². The Morgan fingerprint density at radius 2 is 1.61 bits per heavy atom. The summed E-state index contributed by atoms with van der Waals surface area (Å²) in [7, 11) is 0. The highest BCUT2D eigenvalue weighted by atomic mass is 19.3. The molecule has 0 atom stereocenters. The third kappa shape index (κ3) is 1.62. The van der Waals surface area contributed by atoms with Gasteiger partial charge in [0.2, 0.25) is 5.92 Å². The first-order chi connectivity index (χ1) is 8.48. The Bertz CT molecular complexity index is 499. The first kappa shape index (κ1) is 11.3. The normalized spacial score (nSPS) is 22.0. The fourth-order valence-electron chi connectivity index (χ4n) is 2.58. The van der Waals surface area contributed by atoms with Gasteiger partial charge in [-0.15, -0.1) is 0 Å². The molecule has 0 aromatic heterocycles. The van der Waals surface area contributed by atoms with Crippen molar-refractivity contribution in [2.45, 2.75) is 18.8 Å². The lowest BCUT2D eigenvalue weighted by Crippen LogP contribution is -2.44. The van der Waals surface area contributed by atoms with E-state index in [1.807, 2.05) is 0 Å². The summed E-state index contributed by atoms with van der Waals surface area (Å²) in [6.45, 7) is 0.0991. The number of carbonyl (C=O) groups is 2. The standard InChI is InChI=1S/C13H11F2NO2/c14-13(15)5-8(6-13)7-16-11(17)9-3-1-2-4-10(9)12(16)18/h1-4,8H,5-7H2. The first-order valence-corrected chi connectivity index (χ1v) is 5.81. The second-order valence-electron chi connectivity index (χ2n) is 4.90. The zero-order valence-electron chi connectivity index (χ0n) is 9.53. The molecule has 1 aromatic rings. The summed E-state index contributed by atoms with van der Waals surface area (Å²) in [6, 6.07) is 6.55. The van der Waals surface area contributed by atoms with Crippen molar-refractivity contribution in [2.24, 2.45) is 5.92 Å². The van der Waals surface area contributed by atoms with E-state index in [2.05, 4.69) is 0 Å². The van der Waals surface area contributed by atoms with Gasteiger partial charge in [0, 0.05) is 19.4 Å². The van der Waals surface area contributed by atoms with E-state index < -0.39 is 5.92 Å². The zero-order chi connectivity index (χ0) is 12.9. The van der Waals surface area contributed by atoms with E-state index in [4.69, 9.17) is 0 Å². The highest BCUT2D eigenvalue weighted by Crippen LogP contribution is 2.43. The molecule has 0 unspecified atom stereocenters. The Morgan fingerprint density at radius 3 is 2.06 bits per heavy atom. The number of halogens is 2. The number of imide groups is 1. The van der Waals surface area contributed by atoms with Crippen LogP contribution in [-0.2, 0) is 0 Å². The molecule has 5 heteroatoms. The largest absolute Gasteiger partial charge is 0.274 e. The molecule has 3 nitrogen and oxygen atoms in total. The van der Waals surface area contributed by atoms with Crippen molar-refractivity contribution in [3.8, 4) is 0 Å². The number of hydrogen-bond donors (Lipinski definition) is 0. The lowest BCUT2D eigenvalue weighted by atomic mass is 9.81. The van der Waals surface area contributed by atoms with Crippen LogP contribution in [0.15, 0.2) is 24.3 Å². The Morgan fingerprint density at radius 1 is 1.11 bits per heavy atom. The molecule has 0 bridgehead atoms. The number of fused-ring (bicyclic) bond motifs is 1. The van der Waals surface area contributed by atoms with E-state index in [-0.39, 0.29) is 37.1 Å². The number of nitrogens with zero attached hydrogens (tertiary/aromatic N) is 1. The molecule has 18 heavy (non-hydrogen) atoms. The van der Waals surface area contributed by atoms with Gasteiger partial charge in [-0.25, -0.2) is 8.78 Å². The van der Waals surface area contributed by atoms with Crippen LogP contribution in [0.1, 0.15) is 33.6 Å². The fraction of sp³-hybridized carbons (Fsp3) is 0.385. The Labute approximate surface area is 102 Å². The Balaban J connectivity index is 1.77. The molecule has 3 rings (SSSR count). The van der Waals surface area contributed by atoms with Gasteiger partial charge in [0.25, 0.3) is 11.8 Å². The summed E-state index contributed by atoms with van der Waals surface area (Å²) in [4.78, 5) is 25.0. The van der Waals surface area contributed by atoms with Gasteiger partial charge in [-0.3, -0.25) is 14.5 Å². The molecule has 1 aliphatic carbocycles. The Kier molecular flexibility index (Phi) is 2.27. The van der Waals surface area contributed by atoms with Gasteiger partial charge in [-0.2, -0.15) is 0 Å². The SMILES string of the molecule is O=C1c2ccccc2C(=O)N1CC1CC(F)(F)C1. The minimum Gasteiger partial charge on any atom is -0.274 e. The van der Waals surface area contributed by atoms with E-state index in [1.54, 1.807) is 24.3 Å². The van der Waals surface area contributed by atoms with Crippen LogP contribution in [0.4, 0.5) is 8.78 Å². The molecule has 1 saturated carbocycles. The van der Waals surface area contributed by atoms with Crippen LogP contribution < -0.4 is 0 Å². The molecular weight excluding hydrogens is 240 g/mol. The van der Waals surface area contributed by atoms with Gasteiger partial charge in [-0.05, 0) is 18.1 Å². The molecular formula is C13H11F2NO2. The third-order valence-electron chi connectivity index (χ3n) is 3.49. The number of benzene rings is 1. The molecule has 1 heterocycles. The predicted molar refractivity (Wildman–Crippen MR) is 59.5 cm³/mol. The predicted octanol–water partition coefficient (Wildman–Crippen LogP) is 2.33. The van der Waals surface area contributed by atoms with Crippen LogP contribution >= 0.6 is 0 Å². The lowest BCUT2D eigenvalue weighted by molar-refractivity contribution is -0.113. The number of carbonyl (C=O) groups excluding carboxylic acids is 2. The average Bonchev–Trinajstić information content (AvgIpc) is 2.53. The van der Waals surface area contributed by atoms with Crippen LogP contribution in [0.2, 0.25) is 0 Å². The van der Waals surface area contributed by atoms with Crippen LogP contribution in [0.5, 0.6) is 0 Å². The first-order valence-electron chi connectivity index (χ1n) is 5.81. The van der Waals surface area contributed by atoms with Crippen LogP contribution in [-0.4, -0.2) is 29.2 Å². The second-order valence-corrected chi connectivity index (χ2v) is 4.90.